The summed E-state index contributed by atoms with van der Waals surface area (Å²) in [5.74, 6) is 0.208. The van der Waals surface area contributed by atoms with Crippen molar-refractivity contribution in [3.05, 3.63) is 83.3 Å². The minimum absolute atomic E-state index is 0.127. The van der Waals surface area contributed by atoms with Crippen LogP contribution in [0.5, 0.6) is 0 Å². The lowest BCUT2D eigenvalue weighted by Gasteiger charge is -2.10. The van der Waals surface area contributed by atoms with Crippen LogP contribution in [0.3, 0.4) is 0 Å². The predicted octanol–water partition coefficient (Wildman–Crippen LogP) is 4.96. The molecule has 9 heteroatoms. The number of nitrogens with one attached hydrogen (secondary N) is 1. The van der Waals surface area contributed by atoms with Crippen molar-refractivity contribution in [1.29, 1.82) is 0 Å². The number of aromatic nitrogens is 4. The van der Waals surface area contributed by atoms with E-state index in [1.807, 2.05) is 41.0 Å². The molecule has 0 saturated heterocycles. The molecule has 0 radical (unpaired) electrons. The minimum Gasteiger partial charge on any atom is -0.325 e. The first-order valence-corrected chi connectivity index (χ1v) is 10.7. The molecule has 2 aromatic heterocycles. The zero-order chi connectivity index (χ0) is 20.9. The summed E-state index contributed by atoms with van der Waals surface area (Å²) in [4.78, 5) is 16.4. The second-order valence-electron chi connectivity index (χ2n) is 6.20. The van der Waals surface area contributed by atoms with Gasteiger partial charge in [0.1, 0.15) is 5.82 Å². The maximum absolute atomic E-state index is 13.0. The van der Waals surface area contributed by atoms with Crippen LogP contribution in [0.2, 0.25) is 0 Å². The molecule has 30 heavy (non-hydrogen) atoms. The van der Waals surface area contributed by atoms with Gasteiger partial charge >= 0.3 is 0 Å². The van der Waals surface area contributed by atoms with Gasteiger partial charge in [-0.25, -0.2) is 4.39 Å². The van der Waals surface area contributed by atoms with Gasteiger partial charge in [0, 0.05) is 33.8 Å². The largest absolute Gasteiger partial charge is 0.325 e. The topological polar surface area (TPSA) is 72.7 Å². The molecule has 0 fully saturated rings. The molecule has 1 N–H and O–H groups in total. The number of nitrogens with zero attached hydrogens (tertiary/aromatic N) is 4. The highest BCUT2D eigenvalue weighted by Crippen LogP contribution is 2.28. The van der Waals surface area contributed by atoms with Crippen LogP contribution in [-0.4, -0.2) is 31.4 Å². The van der Waals surface area contributed by atoms with Crippen LogP contribution in [-0.2, 0) is 4.79 Å². The zero-order valence-electron chi connectivity index (χ0n) is 15.5. The molecule has 1 amide bonds. The van der Waals surface area contributed by atoms with Crippen LogP contribution in [0.1, 0.15) is 0 Å². The zero-order valence-corrected chi connectivity index (χ0v) is 17.9. The summed E-state index contributed by atoms with van der Waals surface area (Å²) in [6, 6.07) is 17.1. The molecule has 0 aliphatic rings. The van der Waals surface area contributed by atoms with Gasteiger partial charge < -0.3 is 5.32 Å². The van der Waals surface area contributed by atoms with Crippen molar-refractivity contribution >= 4 is 39.3 Å². The molecular formula is C21H15BrFN5OS. The van der Waals surface area contributed by atoms with E-state index in [1.165, 1.54) is 36.0 Å². The fourth-order valence-corrected chi connectivity index (χ4v) is 3.75. The molecule has 150 valence electrons. The summed E-state index contributed by atoms with van der Waals surface area (Å²) < 4.78 is 15.9. The Kier molecular flexibility index (Phi) is 6.20. The fourth-order valence-electron chi connectivity index (χ4n) is 2.73. The maximum atomic E-state index is 13.0. The number of halogens is 2. The molecule has 0 saturated carbocycles. The first-order chi connectivity index (χ1) is 14.6. The van der Waals surface area contributed by atoms with Crippen molar-refractivity contribution in [1.82, 2.24) is 19.7 Å². The molecule has 4 aromatic rings. The van der Waals surface area contributed by atoms with Gasteiger partial charge in [-0.3, -0.25) is 14.3 Å². The number of amides is 1. The van der Waals surface area contributed by atoms with Crippen LogP contribution in [0.25, 0.3) is 17.1 Å². The Bertz CT molecular complexity index is 1150. The Balaban J connectivity index is 1.58. The molecule has 0 spiro atoms. The van der Waals surface area contributed by atoms with E-state index >= 15 is 0 Å². The van der Waals surface area contributed by atoms with Gasteiger partial charge in [0.05, 0.1) is 5.75 Å². The van der Waals surface area contributed by atoms with Crippen LogP contribution in [0, 0.1) is 5.82 Å². The van der Waals surface area contributed by atoms with E-state index in [-0.39, 0.29) is 17.5 Å². The number of thioether (sulfide) groups is 1. The molecular weight excluding hydrogens is 469 g/mol. The fraction of sp³-hybridized carbons (Fsp3) is 0.0476. The van der Waals surface area contributed by atoms with Crippen molar-refractivity contribution in [2.24, 2.45) is 0 Å². The predicted molar refractivity (Wildman–Crippen MR) is 118 cm³/mol. The van der Waals surface area contributed by atoms with Crippen LogP contribution in [0.15, 0.2) is 82.7 Å². The quantitative estimate of drug-likeness (QED) is 0.392. The number of pyridine rings is 1. The highest BCUT2D eigenvalue weighted by molar-refractivity contribution is 9.10. The first kappa shape index (κ1) is 20.2. The highest BCUT2D eigenvalue weighted by Gasteiger charge is 2.17. The third-order valence-corrected chi connectivity index (χ3v) is 5.57. The highest BCUT2D eigenvalue weighted by atomic mass is 79.9. The summed E-state index contributed by atoms with van der Waals surface area (Å²) in [5.41, 5.74) is 2.27. The Morgan fingerprint density at radius 2 is 1.70 bits per heavy atom. The molecule has 2 heterocycles. The third-order valence-electron chi connectivity index (χ3n) is 4.12. The van der Waals surface area contributed by atoms with E-state index in [2.05, 4.69) is 36.4 Å². The Morgan fingerprint density at radius 1 is 1.00 bits per heavy atom. The van der Waals surface area contributed by atoms with Crippen LogP contribution >= 0.6 is 27.7 Å². The Hall–Kier alpha value is -3.04. The number of hydrogen-bond acceptors (Lipinski definition) is 5. The molecule has 0 unspecified atom stereocenters. The van der Waals surface area contributed by atoms with Crippen molar-refractivity contribution in [3.8, 4) is 17.1 Å². The van der Waals surface area contributed by atoms with Crippen molar-refractivity contribution in [2.75, 3.05) is 11.1 Å². The lowest BCUT2D eigenvalue weighted by molar-refractivity contribution is -0.113. The van der Waals surface area contributed by atoms with Gasteiger partial charge in [-0.05, 0) is 60.7 Å². The SMILES string of the molecule is O=C(CSc1nnc(-c2ccncc2)n1-c1ccc(Br)cc1)Nc1ccc(F)cc1. The maximum Gasteiger partial charge on any atom is 0.234 e. The first-order valence-electron chi connectivity index (χ1n) is 8.90. The van der Waals surface area contributed by atoms with Gasteiger partial charge in [0.15, 0.2) is 11.0 Å². The molecule has 6 nitrogen and oxygen atoms in total. The third kappa shape index (κ3) is 4.74. The normalized spacial score (nSPS) is 10.7. The molecule has 0 aliphatic heterocycles. The number of carbonyl (C=O) groups is 1. The molecule has 2 aromatic carbocycles. The number of benzene rings is 2. The standard InChI is InChI=1S/C21H15BrFN5OS/c22-15-1-7-18(8-2-15)28-20(14-9-11-24-12-10-14)26-27-21(28)30-13-19(29)25-17-5-3-16(23)4-6-17/h1-12H,13H2,(H,25,29). The summed E-state index contributed by atoms with van der Waals surface area (Å²) in [6.07, 6.45) is 3.39. The Morgan fingerprint density at radius 3 is 2.40 bits per heavy atom. The summed E-state index contributed by atoms with van der Waals surface area (Å²) in [7, 11) is 0. The summed E-state index contributed by atoms with van der Waals surface area (Å²) in [5, 5.41) is 12.0. The second kappa shape index (κ2) is 9.19. The van der Waals surface area contributed by atoms with Crippen molar-refractivity contribution < 1.29 is 9.18 Å². The molecule has 0 atom stereocenters. The van der Waals surface area contributed by atoms with E-state index in [4.69, 9.17) is 0 Å². The monoisotopic (exact) mass is 483 g/mol. The van der Waals surface area contributed by atoms with E-state index in [1.54, 1.807) is 12.4 Å². The van der Waals surface area contributed by atoms with Gasteiger partial charge in [-0.1, -0.05) is 27.7 Å². The van der Waals surface area contributed by atoms with Gasteiger partial charge in [-0.15, -0.1) is 10.2 Å². The summed E-state index contributed by atoms with van der Waals surface area (Å²) in [6.45, 7) is 0. The van der Waals surface area contributed by atoms with E-state index in [0.717, 1.165) is 15.7 Å². The Labute approximate surface area is 184 Å². The molecule has 4 rings (SSSR count). The van der Waals surface area contributed by atoms with Crippen LogP contribution in [0.4, 0.5) is 10.1 Å². The smallest absolute Gasteiger partial charge is 0.234 e. The van der Waals surface area contributed by atoms with E-state index in [9.17, 15) is 9.18 Å². The van der Waals surface area contributed by atoms with Crippen molar-refractivity contribution in [3.63, 3.8) is 0 Å². The second-order valence-corrected chi connectivity index (χ2v) is 8.06. The average Bonchev–Trinajstić information content (AvgIpc) is 3.19. The van der Waals surface area contributed by atoms with Gasteiger partial charge in [0.2, 0.25) is 5.91 Å². The van der Waals surface area contributed by atoms with Crippen molar-refractivity contribution in [2.45, 2.75) is 5.16 Å². The van der Waals surface area contributed by atoms with E-state index in [0.29, 0.717) is 16.7 Å². The molecule has 0 aliphatic carbocycles. The van der Waals surface area contributed by atoms with Crippen LogP contribution < -0.4 is 5.32 Å². The molecule has 0 bridgehead atoms. The number of rotatable bonds is 6. The average molecular weight is 484 g/mol. The lowest BCUT2D eigenvalue weighted by atomic mass is 10.2. The van der Waals surface area contributed by atoms with Gasteiger partial charge in [0.25, 0.3) is 0 Å². The minimum atomic E-state index is -0.353. The number of anilines is 1. The van der Waals surface area contributed by atoms with Gasteiger partial charge in [-0.2, -0.15) is 0 Å². The number of carbonyl (C=O) groups excluding carboxylic acids is 1. The lowest BCUT2D eigenvalue weighted by Crippen LogP contribution is -2.14. The summed E-state index contributed by atoms with van der Waals surface area (Å²) >= 11 is 4.71. The number of hydrogen-bond donors (Lipinski definition) is 1. The van der Waals surface area contributed by atoms with E-state index < -0.39 is 0 Å².